The van der Waals surface area contributed by atoms with Crippen molar-refractivity contribution in [3.8, 4) is 0 Å². The Morgan fingerprint density at radius 1 is 0.974 bits per heavy atom. The Kier molecular flexibility index (Phi) is 5.76. The molecule has 10 heteroatoms. The van der Waals surface area contributed by atoms with E-state index in [2.05, 4.69) is 5.32 Å². The summed E-state index contributed by atoms with van der Waals surface area (Å²) in [5.41, 5.74) is 3.89. The zero-order valence-corrected chi connectivity index (χ0v) is 21.8. The molecule has 3 aliphatic rings. The predicted molar refractivity (Wildman–Crippen MR) is 146 cm³/mol. The van der Waals surface area contributed by atoms with Crippen LogP contribution in [0.25, 0.3) is 6.08 Å². The van der Waals surface area contributed by atoms with E-state index < -0.39 is 40.7 Å². The Morgan fingerprint density at radius 2 is 1.67 bits per heavy atom. The molecule has 0 aromatic heterocycles. The summed E-state index contributed by atoms with van der Waals surface area (Å²) in [5.74, 6) is -3.09. The van der Waals surface area contributed by atoms with Crippen LogP contribution in [0.3, 0.4) is 0 Å². The summed E-state index contributed by atoms with van der Waals surface area (Å²) < 4.78 is 0. The molecular formula is C29H23ClN4O5. The van der Waals surface area contributed by atoms with Gasteiger partial charge in [-0.3, -0.25) is 24.5 Å². The van der Waals surface area contributed by atoms with Crippen molar-refractivity contribution in [2.75, 3.05) is 10.2 Å². The number of imide groups is 1. The number of anilines is 2. The number of nitrogens with one attached hydrogen (secondary N) is 1. The zero-order valence-electron chi connectivity index (χ0n) is 21.0. The van der Waals surface area contributed by atoms with Crippen LogP contribution < -0.4 is 10.2 Å². The molecule has 196 valence electrons. The number of rotatable bonds is 4. The van der Waals surface area contributed by atoms with Crippen LogP contribution in [0, 0.1) is 35.8 Å². The van der Waals surface area contributed by atoms with Crippen molar-refractivity contribution in [1.82, 2.24) is 4.90 Å². The number of amides is 3. The van der Waals surface area contributed by atoms with Crippen LogP contribution >= 0.6 is 11.6 Å². The van der Waals surface area contributed by atoms with Crippen molar-refractivity contribution >= 4 is 52.5 Å². The minimum absolute atomic E-state index is 0.0600. The van der Waals surface area contributed by atoms with Gasteiger partial charge in [0.25, 0.3) is 5.69 Å². The van der Waals surface area contributed by atoms with Gasteiger partial charge in [-0.05, 0) is 66.4 Å². The van der Waals surface area contributed by atoms with Gasteiger partial charge in [-0.2, -0.15) is 0 Å². The summed E-state index contributed by atoms with van der Waals surface area (Å²) in [6.45, 7) is 3.79. The van der Waals surface area contributed by atoms with Gasteiger partial charge in [0.15, 0.2) is 0 Å². The minimum Gasteiger partial charge on any atom is -0.357 e. The molecule has 39 heavy (non-hydrogen) atoms. The van der Waals surface area contributed by atoms with Gasteiger partial charge >= 0.3 is 0 Å². The van der Waals surface area contributed by atoms with Crippen molar-refractivity contribution in [1.29, 1.82) is 0 Å². The molecule has 0 bridgehead atoms. The second-order valence-electron chi connectivity index (χ2n) is 10.1. The Balaban J connectivity index is 1.43. The lowest BCUT2D eigenvalue weighted by Crippen LogP contribution is -2.46. The molecule has 3 heterocycles. The smallest absolute Gasteiger partial charge is 0.289 e. The van der Waals surface area contributed by atoms with Crippen LogP contribution in [0.1, 0.15) is 28.3 Å². The van der Waals surface area contributed by atoms with Crippen LogP contribution in [0.5, 0.6) is 0 Å². The monoisotopic (exact) mass is 542 g/mol. The molecule has 0 unspecified atom stereocenters. The van der Waals surface area contributed by atoms with E-state index in [-0.39, 0.29) is 22.3 Å². The van der Waals surface area contributed by atoms with Gasteiger partial charge in [0, 0.05) is 18.0 Å². The van der Waals surface area contributed by atoms with E-state index in [1.165, 1.54) is 23.1 Å². The number of nitrogens with zero attached hydrogens (tertiary/aromatic N) is 3. The van der Waals surface area contributed by atoms with E-state index in [4.69, 9.17) is 11.6 Å². The number of carbonyl (C=O) groups is 3. The van der Waals surface area contributed by atoms with Crippen LogP contribution in [0.2, 0.25) is 5.02 Å². The van der Waals surface area contributed by atoms with Crippen molar-refractivity contribution in [3.63, 3.8) is 0 Å². The van der Waals surface area contributed by atoms with Crippen LogP contribution in [-0.4, -0.2) is 33.6 Å². The quantitative estimate of drug-likeness (QED) is 0.281. The van der Waals surface area contributed by atoms with Gasteiger partial charge in [0.1, 0.15) is 11.1 Å². The molecule has 0 radical (unpaired) electrons. The summed E-state index contributed by atoms with van der Waals surface area (Å²) in [5, 5.41) is 14.0. The largest absolute Gasteiger partial charge is 0.357 e. The molecule has 9 nitrogen and oxygen atoms in total. The first-order valence-corrected chi connectivity index (χ1v) is 12.8. The number of carbonyl (C=O) groups excluding carboxylic acids is 3. The Bertz CT molecular complexity index is 1600. The van der Waals surface area contributed by atoms with Crippen molar-refractivity contribution in [2.24, 2.45) is 11.8 Å². The van der Waals surface area contributed by atoms with Gasteiger partial charge in [-0.25, -0.2) is 4.90 Å². The summed E-state index contributed by atoms with van der Waals surface area (Å²) in [6, 6.07) is 15.6. The fourth-order valence-electron chi connectivity index (χ4n) is 6.14. The molecular weight excluding hydrogens is 520 g/mol. The van der Waals surface area contributed by atoms with Gasteiger partial charge in [-0.1, -0.05) is 41.9 Å². The Hall–Kier alpha value is -4.50. The first kappa shape index (κ1) is 24.8. The molecule has 0 spiro atoms. The normalized spacial score (nSPS) is 22.9. The topological polar surface area (TPSA) is 113 Å². The highest BCUT2D eigenvalue weighted by atomic mass is 35.5. The second kappa shape index (κ2) is 9.06. The molecule has 3 aromatic carbocycles. The average Bonchev–Trinajstić information content (AvgIpc) is 3.37. The lowest BCUT2D eigenvalue weighted by molar-refractivity contribution is -0.384. The van der Waals surface area contributed by atoms with Gasteiger partial charge in [0.2, 0.25) is 17.7 Å². The van der Waals surface area contributed by atoms with Crippen LogP contribution in [0.15, 0.2) is 66.9 Å². The summed E-state index contributed by atoms with van der Waals surface area (Å²) in [6.07, 6.45) is 3.61. The summed E-state index contributed by atoms with van der Waals surface area (Å²) in [7, 11) is 0. The van der Waals surface area contributed by atoms with E-state index >= 15 is 0 Å². The third kappa shape index (κ3) is 3.88. The lowest BCUT2D eigenvalue weighted by Gasteiger charge is -2.35. The number of hydrogen-bond donors (Lipinski definition) is 1. The Morgan fingerprint density at radius 3 is 2.38 bits per heavy atom. The van der Waals surface area contributed by atoms with Crippen LogP contribution in [-0.2, 0) is 14.4 Å². The molecule has 0 saturated carbocycles. The number of hydrogen-bond acceptors (Lipinski definition) is 6. The van der Waals surface area contributed by atoms with E-state index in [9.17, 15) is 24.5 Å². The number of nitro groups is 1. The number of fused-ring (bicyclic) bond motifs is 5. The highest BCUT2D eigenvalue weighted by Crippen LogP contribution is 2.53. The number of aryl methyl sites for hydroxylation is 2. The molecule has 3 aromatic rings. The molecule has 2 saturated heterocycles. The fourth-order valence-corrected chi connectivity index (χ4v) is 6.32. The van der Waals surface area contributed by atoms with Crippen molar-refractivity contribution in [2.45, 2.75) is 25.9 Å². The molecule has 6 rings (SSSR count). The van der Waals surface area contributed by atoms with E-state index in [0.29, 0.717) is 5.69 Å². The minimum atomic E-state index is -1.02. The summed E-state index contributed by atoms with van der Waals surface area (Å²) >= 11 is 5.94. The van der Waals surface area contributed by atoms with Crippen LogP contribution in [0.4, 0.5) is 17.1 Å². The fraction of sp³-hybridized carbons (Fsp3) is 0.207. The number of nitro benzene ring substituents is 1. The molecule has 3 amide bonds. The van der Waals surface area contributed by atoms with Gasteiger partial charge < -0.3 is 10.2 Å². The van der Waals surface area contributed by atoms with Crippen molar-refractivity contribution in [3.05, 3.63) is 104 Å². The standard InChI is InChI=1S/C29H23ClN4O5/c1-15-11-16(2)13-19(12-15)33-28(36)23-24(29(33)37)26(32-10-9-17-5-3-4-6-20(17)25(23)32)27(35)31-18-7-8-21(30)22(14-18)34(38)39/h3-14,23-26H,1-2H3,(H,31,35)/t23-,24+,25-,26+/m0/s1. The molecule has 1 N–H and O–H groups in total. The van der Waals surface area contributed by atoms with Crippen molar-refractivity contribution < 1.29 is 19.3 Å². The zero-order chi connectivity index (χ0) is 27.6. The third-order valence-electron chi connectivity index (χ3n) is 7.61. The maximum atomic E-state index is 14.0. The molecule has 4 atom stereocenters. The average molecular weight is 543 g/mol. The highest BCUT2D eigenvalue weighted by Gasteiger charge is 2.64. The number of benzene rings is 3. The molecule has 0 aliphatic carbocycles. The highest BCUT2D eigenvalue weighted by molar-refractivity contribution is 6.32. The second-order valence-corrected chi connectivity index (χ2v) is 10.5. The van der Waals surface area contributed by atoms with Gasteiger partial charge in [-0.15, -0.1) is 0 Å². The lowest BCUT2D eigenvalue weighted by atomic mass is 9.84. The Labute approximate surface area is 228 Å². The maximum Gasteiger partial charge on any atom is 0.289 e. The van der Waals surface area contributed by atoms with E-state index in [1.807, 2.05) is 50.3 Å². The van der Waals surface area contributed by atoms with Gasteiger partial charge in [0.05, 0.1) is 28.5 Å². The predicted octanol–water partition coefficient (Wildman–Crippen LogP) is 5.02. The third-order valence-corrected chi connectivity index (χ3v) is 7.92. The number of halogens is 1. The SMILES string of the molecule is Cc1cc(C)cc(N2C(=O)[C@@H]3[C@H](C2=O)[C@@H]2c4ccccc4C=CN2[C@H]3C(=O)Nc2ccc(Cl)c([N+](=O)[O-])c2)c1. The maximum absolute atomic E-state index is 14.0. The van der Waals surface area contributed by atoms with E-state index in [0.717, 1.165) is 22.3 Å². The molecule has 3 aliphatic heterocycles. The molecule has 2 fully saturated rings. The first-order chi connectivity index (χ1) is 18.7. The van der Waals surface area contributed by atoms with E-state index in [1.54, 1.807) is 23.2 Å². The summed E-state index contributed by atoms with van der Waals surface area (Å²) in [4.78, 5) is 55.5. The first-order valence-electron chi connectivity index (χ1n) is 12.4.